The second-order valence-electron chi connectivity index (χ2n) is 4.31. The molecular formula is C13H14BrNO2S2. The summed E-state index contributed by atoms with van der Waals surface area (Å²) in [5, 5.41) is 3.97. The van der Waals surface area contributed by atoms with Crippen molar-refractivity contribution in [2.45, 2.75) is 25.3 Å². The molecule has 0 radical (unpaired) electrons. The van der Waals surface area contributed by atoms with Crippen LogP contribution in [0.4, 0.5) is 0 Å². The first kappa shape index (κ1) is 14.7. The highest BCUT2D eigenvalue weighted by molar-refractivity contribution is 9.10. The summed E-state index contributed by atoms with van der Waals surface area (Å²) in [5.74, 6) is 0. The van der Waals surface area contributed by atoms with Gasteiger partial charge in [-0.1, -0.05) is 22.0 Å². The summed E-state index contributed by atoms with van der Waals surface area (Å²) in [6, 6.07) is 5.24. The Bertz CT molecular complexity index is 692. The van der Waals surface area contributed by atoms with Gasteiger partial charge in [-0.25, -0.2) is 13.1 Å². The summed E-state index contributed by atoms with van der Waals surface area (Å²) in [5.41, 5.74) is 2.86. The average molecular weight is 360 g/mol. The van der Waals surface area contributed by atoms with E-state index in [9.17, 15) is 8.42 Å². The third kappa shape index (κ3) is 3.45. The second-order valence-corrected chi connectivity index (χ2v) is 7.71. The fourth-order valence-electron chi connectivity index (χ4n) is 1.68. The molecule has 0 saturated heterocycles. The van der Waals surface area contributed by atoms with Gasteiger partial charge in [-0.15, -0.1) is 0 Å². The minimum atomic E-state index is -3.48. The van der Waals surface area contributed by atoms with Gasteiger partial charge in [-0.2, -0.15) is 11.3 Å². The van der Waals surface area contributed by atoms with Crippen molar-refractivity contribution < 1.29 is 8.42 Å². The van der Waals surface area contributed by atoms with Gasteiger partial charge in [0.15, 0.2) is 0 Å². The number of hydrogen-bond donors (Lipinski definition) is 1. The maximum absolute atomic E-state index is 12.3. The Balaban J connectivity index is 2.23. The summed E-state index contributed by atoms with van der Waals surface area (Å²) < 4.78 is 28.0. The van der Waals surface area contributed by atoms with Crippen LogP contribution in [-0.4, -0.2) is 8.42 Å². The molecule has 0 bridgehead atoms. The summed E-state index contributed by atoms with van der Waals surface area (Å²) in [7, 11) is -3.48. The smallest absolute Gasteiger partial charge is 0.207 e. The van der Waals surface area contributed by atoms with Crippen molar-refractivity contribution in [1.82, 2.24) is 4.72 Å². The van der Waals surface area contributed by atoms with Crippen LogP contribution in [0.3, 0.4) is 0 Å². The van der Waals surface area contributed by atoms with E-state index in [1.165, 1.54) is 0 Å². The van der Waals surface area contributed by atoms with Crippen LogP contribution >= 0.6 is 27.3 Å². The fraction of sp³-hybridized carbons (Fsp3) is 0.231. The van der Waals surface area contributed by atoms with Gasteiger partial charge in [0, 0.05) is 11.0 Å². The predicted molar refractivity (Wildman–Crippen MR) is 82.0 cm³/mol. The highest BCUT2D eigenvalue weighted by atomic mass is 79.9. The van der Waals surface area contributed by atoms with E-state index < -0.39 is 10.0 Å². The molecule has 2 aromatic rings. The third-order valence-electron chi connectivity index (χ3n) is 2.85. The van der Waals surface area contributed by atoms with Crippen molar-refractivity contribution in [3.05, 3.63) is 50.1 Å². The van der Waals surface area contributed by atoms with E-state index in [2.05, 4.69) is 20.7 Å². The Hall–Kier alpha value is -0.690. The Morgan fingerprint density at radius 3 is 2.58 bits per heavy atom. The molecular weight excluding hydrogens is 346 g/mol. The molecule has 6 heteroatoms. The monoisotopic (exact) mass is 359 g/mol. The van der Waals surface area contributed by atoms with E-state index in [1.54, 1.807) is 30.4 Å². The summed E-state index contributed by atoms with van der Waals surface area (Å²) in [6.45, 7) is 4.09. The molecule has 0 spiro atoms. The van der Waals surface area contributed by atoms with E-state index in [0.29, 0.717) is 11.4 Å². The van der Waals surface area contributed by atoms with Crippen LogP contribution in [0.25, 0.3) is 0 Å². The maximum Gasteiger partial charge on any atom is 0.241 e. The molecule has 19 heavy (non-hydrogen) atoms. The number of benzene rings is 1. The standard InChI is InChI=1S/C13H14BrNO2S2/c1-9-3-4-12(14)5-13(9)19(16,17)15-6-11-8-18-7-10(11)2/h3-5,7-8,15H,6H2,1-2H3. The minimum Gasteiger partial charge on any atom is -0.207 e. The Labute approximate surface area is 125 Å². The molecule has 0 aliphatic heterocycles. The van der Waals surface area contributed by atoms with Gasteiger partial charge in [0.1, 0.15) is 0 Å². The number of halogens is 1. The molecule has 0 fully saturated rings. The van der Waals surface area contributed by atoms with Gasteiger partial charge in [0.05, 0.1) is 4.90 Å². The molecule has 0 aliphatic carbocycles. The average Bonchev–Trinajstić information content (AvgIpc) is 2.75. The minimum absolute atomic E-state index is 0.315. The zero-order valence-corrected chi connectivity index (χ0v) is 13.8. The van der Waals surface area contributed by atoms with Crippen LogP contribution in [0.2, 0.25) is 0 Å². The molecule has 1 aromatic heterocycles. The molecule has 1 aromatic carbocycles. The molecule has 0 aliphatic rings. The molecule has 1 heterocycles. The zero-order valence-electron chi connectivity index (χ0n) is 10.6. The van der Waals surface area contributed by atoms with Crippen molar-refractivity contribution in [2.24, 2.45) is 0 Å². The van der Waals surface area contributed by atoms with E-state index in [-0.39, 0.29) is 0 Å². The van der Waals surface area contributed by atoms with Crippen LogP contribution in [0.15, 0.2) is 38.3 Å². The van der Waals surface area contributed by atoms with Gasteiger partial charge < -0.3 is 0 Å². The second kappa shape index (κ2) is 5.75. The van der Waals surface area contributed by atoms with Crippen molar-refractivity contribution in [1.29, 1.82) is 0 Å². The molecule has 0 amide bonds. The van der Waals surface area contributed by atoms with Crippen molar-refractivity contribution in [3.8, 4) is 0 Å². The summed E-state index contributed by atoms with van der Waals surface area (Å²) >= 11 is 4.88. The summed E-state index contributed by atoms with van der Waals surface area (Å²) in [4.78, 5) is 0.315. The van der Waals surface area contributed by atoms with E-state index in [1.807, 2.05) is 23.8 Å². The van der Waals surface area contributed by atoms with Gasteiger partial charge in [0.25, 0.3) is 0 Å². The largest absolute Gasteiger partial charge is 0.241 e. The maximum atomic E-state index is 12.3. The van der Waals surface area contributed by atoms with Crippen LogP contribution < -0.4 is 4.72 Å². The first-order valence-electron chi connectivity index (χ1n) is 5.67. The molecule has 2 rings (SSSR count). The first-order chi connectivity index (χ1) is 8.90. The lowest BCUT2D eigenvalue weighted by molar-refractivity contribution is 0.580. The highest BCUT2D eigenvalue weighted by Crippen LogP contribution is 2.21. The van der Waals surface area contributed by atoms with E-state index >= 15 is 0 Å². The zero-order chi connectivity index (χ0) is 14.0. The lowest BCUT2D eigenvalue weighted by atomic mass is 10.2. The number of nitrogens with one attached hydrogen (secondary N) is 1. The quantitative estimate of drug-likeness (QED) is 0.906. The van der Waals surface area contributed by atoms with Crippen LogP contribution in [-0.2, 0) is 16.6 Å². The van der Waals surface area contributed by atoms with Gasteiger partial charge in [-0.05, 0) is 53.4 Å². The summed E-state index contributed by atoms with van der Waals surface area (Å²) in [6.07, 6.45) is 0. The lowest BCUT2D eigenvalue weighted by Gasteiger charge is -2.09. The van der Waals surface area contributed by atoms with Crippen LogP contribution in [0, 0.1) is 13.8 Å². The van der Waals surface area contributed by atoms with Gasteiger partial charge >= 0.3 is 0 Å². The molecule has 1 N–H and O–H groups in total. The molecule has 0 atom stereocenters. The number of rotatable bonds is 4. The van der Waals surface area contributed by atoms with E-state index in [4.69, 9.17) is 0 Å². The Kier molecular flexibility index (Phi) is 4.45. The molecule has 102 valence electrons. The molecule has 3 nitrogen and oxygen atoms in total. The van der Waals surface area contributed by atoms with Crippen molar-refractivity contribution in [2.75, 3.05) is 0 Å². The van der Waals surface area contributed by atoms with Gasteiger partial charge in [-0.3, -0.25) is 0 Å². The molecule has 0 saturated carbocycles. The number of thiophene rings is 1. The van der Waals surface area contributed by atoms with Crippen LogP contribution in [0.1, 0.15) is 16.7 Å². The SMILES string of the molecule is Cc1cscc1CNS(=O)(=O)c1cc(Br)ccc1C. The van der Waals surface area contributed by atoms with E-state index in [0.717, 1.165) is 21.2 Å². The van der Waals surface area contributed by atoms with Crippen molar-refractivity contribution >= 4 is 37.3 Å². The van der Waals surface area contributed by atoms with Crippen molar-refractivity contribution in [3.63, 3.8) is 0 Å². The third-order valence-corrected chi connectivity index (χ3v) is 5.80. The topological polar surface area (TPSA) is 46.2 Å². The molecule has 0 unspecified atom stereocenters. The van der Waals surface area contributed by atoms with Gasteiger partial charge in [0.2, 0.25) is 10.0 Å². The lowest BCUT2D eigenvalue weighted by Crippen LogP contribution is -2.24. The Morgan fingerprint density at radius 2 is 1.95 bits per heavy atom. The normalized spacial score (nSPS) is 11.7. The predicted octanol–water partition coefficient (Wildman–Crippen LogP) is 3.61. The number of aryl methyl sites for hydroxylation is 2. The number of sulfonamides is 1. The first-order valence-corrected chi connectivity index (χ1v) is 8.89. The highest BCUT2D eigenvalue weighted by Gasteiger charge is 2.17. The van der Waals surface area contributed by atoms with Crippen LogP contribution in [0.5, 0.6) is 0 Å². The fourth-order valence-corrected chi connectivity index (χ4v) is 4.33. The Morgan fingerprint density at radius 1 is 1.21 bits per heavy atom. The number of hydrogen-bond acceptors (Lipinski definition) is 3.